The first-order valence-corrected chi connectivity index (χ1v) is 10.8. The van der Waals surface area contributed by atoms with Gasteiger partial charge in [-0.05, 0) is 49.3 Å². The Morgan fingerprint density at radius 3 is 2.19 bits per heavy atom. The second-order valence-corrected chi connectivity index (χ2v) is 9.07. The van der Waals surface area contributed by atoms with E-state index in [1.54, 1.807) is 10.4 Å². The molecule has 2 aliphatic heterocycles. The first-order chi connectivity index (χ1) is 12.6. The molecule has 3 heterocycles. The first kappa shape index (κ1) is 17.5. The van der Waals surface area contributed by atoms with Crippen molar-refractivity contribution in [3.63, 3.8) is 0 Å². The zero-order valence-electron chi connectivity index (χ0n) is 14.9. The summed E-state index contributed by atoms with van der Waals surface area (Å²) >= 11 is 0. The summed E-state index contributed by atoms with van der Waals surface area (Å²) in [6.45, 7) is 3.14. The van der Waals surface area contributed by atoms with Gasteiger partial charge in [-0.1, -0.05) is 30.3 Å². The summed E-state index contributed by atoms with van der Waals surface area (Å²) in [4.78, 5) is 7.02. The molecule has 0 bridgehead atoms. The Hall–Kier alpha value is -1.92. The van der Waals surface area contributed by atoms with Crippen LogP contribution >= 0.6 is 0 Å². The van der Waals surface area contributed by atoms with Crippen molar-refractivity contribution in [2.45, 2.75) is 36.5 Å². The van der Waals surface area contributed by atoms with Gasteiger partial charge in [-0.3, -0.25) is 0 Å². The van der Waals surface area contributed by atoms with E-state index < -0.39 is 10.0 Å². The Labute approximate surface area is 155 Å². The molecule has 0 unspecified atom stereocenters. The van der Waals surface area contributed by atoms with E-state index in [1.807, 2.05) is 6.07 Å². The molecule has 0 spiro atoms. The van der Waals surface area contributed by atoms with Crippen LogP contribution in [0.5, 0.6) is 0 Å². The average molecular weight is 372 g/mol. The van der Waals surface area contributed by atoms with E-state index in [1.165, 1.54) is 11.8 Å². The molecule has 0 atom stereocenters. The van der Waals surface area contributed by atoms with E-state index in [0.717, 1.165) is 44.6 Å². The Kier molecular flexibility index (Phi) is 4.96. The normalized spacial score (nSPS) is 19.8. The summed E-state index contributed by atoms with van der Waals surface area (Å²) in [5.74, 6) is 1.47. The van der Waals surface area contributed by atoms with Crippen LogP contribution in [-0.2, 0) is 10.0 Å². The highest BCUT2D eigenvalue weighted by molar-refractivity contribution is 7.89. The van der Waals surface area contributed by atoms with E-state index >= 15 is 0 Å². The Bertz CT molecular complexity index is 823. The number of sulfonamides is 1. The largest absolute Gasteiger partial charge is 0.357 e. The van der Waals surface area contributed by atoms with Gasteiger partial charge in [0.2, 0.25) is 10.0 Å². The van der Waals surface area contributed by atoms with Crippen molar-refractivity contribution in [2.24, 2.45) is 0 Å². The van der Waals surface area contributed by atoms with Gasteiger partial charge in [0, 0.05) is 32.4 Å². The number of hydrogen-bond acceptors (Lipinski definition) is 4. The molecule has 0 amide bonds. The summed E-state index contributed by atoms with van der Waals surface area (Å²) < 4.78 is 26.8. The van der Waals surface area contributed by atoms with Gasteiger partial charge in [-0.2, -0.15) is 4.31 Å². The molecule has 1 aromatic heterocycles. The summed E-state index contributed by atoms with van der Waals surface area (Å²) in [6, 6.07) is 14.2. The van der Waals surface area contributed by atoms with E-state index in [0.29, 0.717) is 23.9 Å². The number of pyridine rings is 1. The zero-order valence-corrected chi connectivity index (χ0v) is 15.7. The fourth-order valence-corrected chi connectivity index (χ4v) is 5.42. The molecule has 0 aliphatic carbocycles. The number of hydrogen-bond donors (Lipinski definition) is 0. The minimum Gasteiger partial charge on any atom is -0.357 e. The fourth-order valence-electron chi connectivity index (χ4n) is 3.96. The highest BCUT2D eigenvalue weighted by Crippen LogP contribution is 2.30. The molecule has 6 heteroatoms. The summed E-state index contributed by atoms with van der Waals surface area (Å²) in [6.07, 6.45) is 5.60. The summed E-state index contributed by atoms with van der Waals surface area (Å²) in [5.41, 5.74) is 1.41. The minimum absolute atomic E-state index is 0.308. The van der Waals surface area contributed by atoms with Gasteiger partial charge in [0.05, 0.1) is 0 Å². The van der Waals surface area contributed by atoms with Crippen LogP contribution in [0.2, 0.25) is 0 Å². The summed E-state index contributed by atoms with van der Waals surface area (Å²) in [5, 5.41) is 0. The van der Waals surface area contributed by atoms with Crippen LogP contribution in [0.4, 0.5) is 5.82 Å². The van der Waals surface area contributed by atoms with Crippen LogP contribution < -0.4 is 4.90 Å². The lowest BCUT2D eigenvalue weighted by Gasteiger charge is -2.33. The third-order valence-corrected chi connectivity index (χ3v) is 7.40. The molecule has 1 aromatic carbocycles. The second-order valence-electron chi connectivity index (χ2n) is 7.14. The average Bonchev–Trinajstić information content (AvgIpc) is 3.25. The molecule has 4 rings (SSSR count). The molecular formula is C20H25N3O2S. The molecule has 0 N–H and O–H groups in total. The lowest BCUT2D eigenvalue weighted by molar-refractivity contribution is 0.477. The predicted octanol–water partition coefficient (Wildman–Crippen LogP) is 3.25. The Balaban J connectivity index is 1.42. The Morgan fingerprint density at radius 2 is 1.58 bits per heavy atom. The lowest BCUT2D eigenvalue weighted by atomic mass is 9.89. The highest BCUT2D eigenvalue weighted by atomic mass is 32.2. The molecule has 26 heavy (non-hydrogen) atoms. The molecule has 2 aromatic rings. The molecule has 0 saturated carbocycles. The van der Waals surface area contributed by atoms with Crippen molar-refractivity contribution in [3.05, 3.63) is 54.2 Å². The summed E-state index contributed by atoms with van der Waals surface area (Å²) in [7, 11) is -3.38. The monoisotopic (exact) mass is 371 g/mol. The van der Waals surface area contributed by atoms with Crippen molar-refractivity contribution in [1.29, 1.82) is 0 Å². The number of anilines is 1. The molecule has 2 saturated heterocycles. The van der Waals surface area contributed by atoms with Gasteiger partial charge in [0.1, 0.15) is 10.7 Å². The molecule has 5 nitrogen and oxygen atoms in total. The van der Waals surface area contributed by atoms with Crippen LogP contribution in [0.25, 0.3) is 0 Å². The maximum atomic E-state index is 12.6. The number of piperidine rings is 1. The van der Waals surface area contributed by atoms with Crippen LogP contribution in [0.1, 0.15) is 37.2 Å². The van der Waals surface area contributed by atoms with E-state index in [9.17, 15) is 8.42 Å². The van der Waals surface area contributed by atoms with Crippen molar-refractivity contribution < 1.29 is 8.42 Å². The number of aromatic nitrogens is 1. The van der Waals surface area contributed by atoms with Crippen molar-refractivity contribution in [1.82, 2.24) is 9.29 Å². The third kappa shape index (κ3) is 3.48. The van der Waals surface area contributed by atoms with Crippen LogP contribution in [0.15, 0.2) is 53.6 Å². The second kappa shape index (κ2) is 7.37. The third-order valence-electron chi connectivity index (χ3n) is 5.51. The predicted molar refractivity (Wildman–Crippen MR) is 103 cm³/mol. The maximum absolute atomic E-state index is 12.6. The van der Waals surface area contributed by atoms with Gasteiger partial charge in [-0.25, -0.2) is 13.4 Å². The van der Waals surface area contributed by atoms with E-state index in [4.69, 9.17) is 0 Å². The van der Waals surface area contributed by atoms with Gasteiger partial charge >= 0.3 is 0 Å². The fraction of sp³-hybridized carbons (Fsp3) is 0.450. The topological polar surface area (TPSA) is 53.5 Å². The van der Waals surface area contributed by atoms with Crippen molar-refractivity contribution in [3.8, 4) is 0 Å². The highest BCUT2D eigenvalue weighted by Gasteiger charge is 2.28. The molecule has 2 aliphatic rings. The number of benzene rings is 1. The molecular weight excluding hydrogens is 346 g/mol. The van der Waals surface area contributed by atoms with Gasteiger partial charge in [0.15, 0.2) is 0 Å². The number of nitrogens with zero attached hydrogens (tertiary/aromatic N) is 3. The smallest absolute Gasteiger partial charge is 0.244 e. The molecule has 138 valence electrons. The molecule has 0 radical (unpaired) electrons. The van der Waals surface area contributed by atoms with Crippen LogP contribution in [0, 0.1) is 0 Å². The van der Waals surface area contributed by atoms with Crippen molar-refractivity contribution >= 4 is 15.8 Å². The Morgan fingerprint density at radius 1 is 0.885 bits per heavy atom. The quantitative estimate of drug-likeness (QED) is 0.828. The SMILES string of the molecule is O=S(=O)(c1ccc(N2CCC(c3ccccc3)CC2)nc1)N1CCCC1. The van der Waals surface area contributed by atoms with Crippen LogP contribution in [-0.4, -0.2) is 43.9 Å². The van der Waals surface area contributed by atoms with Gasteiger partial charge < -0.3 is 4.90 Å². The standard InChI is InChI=1S/C20H25N3O2S/c24-26(25,23-12-4-5-13-23)19-8-9-20(21-16-19)22-14-10-18(11-15-22)17-6-2-1-3-7-17/h1-3,6-9,16,18H,4-5,10-15H2. The van der Waals surface area contributed by atoms with Crippen molar-refractivity contribution in [2.75, 3.05) is 31.1 Å². The minimum atomic E-state index is -3.38. The van der Waals surface area contributed by atoms with E-state index in [-0.39, 0.29) is 0 Å². The van der Waals surface area contributed by atoms with Gasteiger partial charge in [-0.15, -0.1) is 0 Å². The molecule has 2 fully saturated rings. The lowest BCUT2D eigenvalue weighted by Crippen LogP contribution is -2.33. The zero-order chi connectivity index (χ0) is 18.0. The first-order valence-electron chi connectivity index (χ1n) is 9.41. The van der Waals surface area contributed by atoms with Gasteiger partial charge in [0.25, 0.3) is 0 Å². The maximum Gasteiger partial charge on any atom is 0.244 e. The van der Waals surface area contributed by atoms with Crippen LogP contribution in [0.3, 0.4) is 0 Å². The van der Waals surface area contributed by atoms with E-state index in [2.05, 4.69) is 40.2 Å². The number of rotatable bonds is 4.